The fourth-order valence-electron chi connectivity index (χ4n) is 8.89. The molecule has 2 saturated heterocycles. The largest absolute Gasteiger partial charge is 0.391 e. The van der Waals surface area contributed by atoms with Crippen LogP contribution in [-0.2, 0) is 35.1 Å². The maximum Gasteiger partial charge on any atom is 0.262 e. The molecule has 2 aliphatic rings. The topological polar surface area (TPSA) is 248 Å². The fourth-order valence-corrected chi connectivity index (χ4v) is 9.70. The van der Waals surface area contributed by atoms with E-state index in [-0.39, 0.29) is 44.6 Å². The molecule has 402 valence electrons. The van der Waals surface area contributed by atoms with E-state index in [1.807, 2.05) is 82.6 Å². The lowest BCUT2D eigenvalue weighted by Crippen LogP contribution is -2.59. The van der Waals surface area contributed by atoms with Crippen LogP contribution in [0.15, 0.2) is 78.8 Å². The average molecular weight is 1050 g/mol. The summed E-state index contributed by atoms with van der Waals surface area (Å²) in [6.45, 7) is 16.1. The zero-order valence-electron chi connectivity index (χ0n) is 43.3. The van der Waals surface area contributed by atoms with E-state index in [1.165, 1.54) is 11.1 Å². The number of β-amino-alcohol motifs (C(OH)–C–C–N with tert-alkyl or cyclic N) is 1. The lowest BCUT2D eigenvalue weighted by atomic mass is 9.85. The van der Waals surface area contributed by atoms with Crippen LogP contribution >= 0.6 is 11.3 Å². The Morgan fingerprint density at radius 3 is 2.27 bits per heavy atom. The first-order chi connectivity index (χ1) is 36.2. The second-order valence-corrected chi connectivity index (χ2v) is 20.6. The molecular weight excluding hydrogens is 983 g/mol. The number of likely N-dealkylation sites (tertiary alicyclic amines) is 1. The maximum absolute atomic E-state index is 14.0. The molecule has 3 amide bonds. The second kappa shape index (κ2) is 26.0. The second-order valence-electron chi connectivity index (χ2n) is 19.7. The van der Waals surface area contributed by atoms with E-state index in [2.05, 4.69) is 45.8 Å². The SMILES string of the molecule is Cc1ccc(-n2nc(N3CCN(CCOCCOCCOCCOCC(=O)N[C@H](C(=O)N4C[C@H](O)C[C@H]4C(O)NCc4ccc(-c5scnc5C)cc4)C(C)(C)C)CC3)cc2NC(=O)c2cnn3cccnc23)nc1. The smallest absolute Gasteiger partial charge is 0.262 e. The molecule has 5 aromatic heterocycles. The zero-order chi connectivity index (χ0) is 52.9. The van der Waals surface area contributed by atoms with Gasteiger partial charge in [-0.2, -0.15) is 9.78 Å². The Hall–Kier alpha value is -6.28. The number of aryl methyl sites for hydroxylation is 2. The molecule has 6 aromatic rings. The van der Waals surface area contributed by atoms with Crippen LogP contribution in [-0.4, -0.2) is 189 Å². The van der Waals surface area contributed by atoms with Gasteiger partial charge in [0, 0.05) is 70.5 Å². The number of benzene rings is 1. The highest BCUT2D eigenvalue weighted by atomic mass is 32.1. The summed E-state index contributed by atoms with van der Waals surface area (Å²) in [7, 11) is 0. The summed E-state index contributed by atoms with van der Waals surface area (Å²) in [6.07, 6.45) is 4.90. The minimum atomic E-state index is -1.11. The molecule has 0 bridgehead atoms. The third-order valence-electron chi connectivity index (χ3n) is 13.0. The van der Waals surface area contributed by atoms with Gasteiger partial charge >= 0.3 is 0 Å². The molecule has 8 rings (SSSR count). The van der Waals surface area contributed by atoms with E-state index in [0.717, 1.165) is 65.8 Å². The van der Waals surface area contributed by atoms with Crippen LogP contribution in [0.4, 0.5) is 11.6 Å². The summed E-state index contributed by atoms with van der Waals surface area (Å²) < 4.78 is 25.9. The third kappa shape index (κ3) is 14.8. The number of ether oxygens (including phenoxy) is 4. The van der Waals surface area contributed by atoms with Gasteiger partial charge in [-0.25, -0.2) is 19.5 Å². The van der Waals surface area contributed by atoms with Crippen molar-refractivity contribution in [2.75, 3.05) is 102 Å². The molecule has 0 spiro atoms. The lowest BCUT2D eigenvalue weighted by Gasteiger charge is -2.37. The Bertz CT molecular complexity index is 2790. The number of aliphatic hydroxyl groups excluding tert-OH is 2. The molecule has 22 nitrogen and oxygen atoms in total. The number of amides is 3. The van der Waals surface area contributed by atoms with E-state index >= 15 is 0 Å². The first-order valence-electron chi connectivity index (χ1n) is 25.3. The van der Waals surface area contributed by atoms with Gasteiger partial charge in [0.2, 0.25) is 11.8 Å². The molecule has 1 aromatic carbocycles. The number of carbonyl (C=O) groups excluding carboxylic acids is 3. The Morgan fingerprint density at radius 2 is 1.59 bits per heavy atom. The summed E-state index contributed by atoms with van der Waals surface area (Å²) >= 11 is 1.59. The number of anilines is 2. The molecular formula is C52H69N13O9S. The van der Waals surface area contributed by atoms with Crippen LogP contribution in [0.1, 0.15) is 54.4 Å². The minimum absolute atomic E-state index is 0.0421. The number of rotatable bonds is 25. The van der Waals surface area contributed by atoms with E-state index < -0.39 is 35.7 Å². The van der Waals surface area contributed by atoms with Gasteiger partial charge in [-0.3, -0.25) is 24.6 Å². The molecule has 2 fully saturated rings. The van der Waals surface area contributed by atoms with Crippen LogP contribution in [0.3, 0.4) is 0 Å². The van der Waals surface area contributed by atoms with Crippen molar-refractivity contribution in [3.63, 3.8) is 0 Å². The van der Waals surface area contributed by atoms with Crippen LogP contribution in [0.25, 0.3) is 21.9 Å². The standard InChI is InChI=1S/C52H69N13O9S/c1-35-7-12-42(54-29-35)65-43(58-49(68)40-31-57-64-14-6-13-53-48(40)64)28-44(60-65)62-17-15-61(16-18-62)19-20-71-21-22-72-23-24-73-25-26-74-33-45(67)59-47(52(3,4)5)51(70)63-32-39(66)27-41(63)50(69)55-30-37-8-10-38(11-9-37)46-36(2)56-34-75-46/h6-14,28-29,31,34,39,41,47,50,55,66,69H,15-27,30,32-33H2,1-5H3,(H,58,68)(H,59,67)/t39-,41+,47-,50?/m1/s1. The van der Waals surface area contributed by atoms with Crippen molar-refractivity contribution in [3.8, 4) is 16.3 Å². The van der Waals surface area contributed by atoms with E-state index in [1.54, 1.807) is 45.2 Å². The molecule has 0 aliphatic carbocycles. The summed E-state index contributed by atoms with van der Waals surface area (Å²) in [4.78, 5) is 60.8. The van der Waals surface area contributed by atoms with Gasteiger partial charge < -0.3 is 49.6 Å². The number of hydrogen-bond acceptors (Lipinski definition) is 18. The van der Waals surface area contributed by atoms with Gasteiger partial charge in [0.1, 0.15) is 30.3 Å². The quantitative estimate of drug-likeness (QED) is 0.0408. The van der Waals surface area contributed by atoms with Gasteiger partial charge in [-0.05, 0) is 54.5 Å². The number of aliphatic hydroxyl groups is 2. The van der Waals surface area contributed by atoms with Crippen molar-refractivity contribution in [3.05, 3.63) is 101 Å². The molecule has 5 N–H and O–H groups in total. The van der Waals surface area contributed by atoms with Crippen molar-refractivity contribution < 1.29 is 43.5 Å². The molecule has 7 heterocycles. The van der Waals surface area contributed by atoms with Crippen LogP contribution in [0.5, 0.6) is 0 Å². The molecule has 75 heavy (non-hydrogen) atoms. The molecule has 1 unspecified atom stereocenters. The predicted molar refractivity (Wildman–Crippen MR) is 282 cm³/mol. The van der Waals surface area contributed by atoms with Gasteiger partial charge in [-0.15, -0.1) is 16.4 Å². The van der Waals surface area contributed by atoms with Crippen molar-refractivity contribution in [1.82, 2.24) is 54.8 Å². The van der Waals surface area contributed by atoms with Gasteiger partial charge in [-0.1, -0.05) is 51.1 Å². The monoisotopic (exact) mass is 1050 g/mol. The number of fused-ring (bicyclic) bond motifs is 1. The zero-order valence-corrected chi connectivity index (χ0v) is 44.1. The van der Waals surface area contributed by atoms with Crippen molar-refractivity contribution >= 4 is 46.3 Å². The number of pyridine rings is 1. The molecule has 0 saturated carbocycles. The number of piperazine rings is 1. The highest BCUT2D eigenvalue weighted by Gasteiger charge is 2.44. The summed E-state index contributed by atoms with van der Waals surface area (Å²) in [5, 5.41) is 39.9. The first-order valence-corrected chi connectivity index (χ1v) is 26.2. The van der Waals surface area contributed by atoms with Crippen LogP contribution < -0.4 is 20.9 Å². The van der Waals surface area contributed by atoms with Crippen molar-refractivity contribution in [2.24, 2.45) is 5.41 Å². The Balaban J connectivity index is 0.671. The van der Waals surface area contributed by atoms with Gasteiger partial charge in [0.15, 0.2) is 17.3 Å². The van der Waals surface area contributed by atoms with E-state index in [0.29, 0.717) is 62.4 Å². The summed E-state index contributed by atoms with van der Waals surface area (Å²) in [6, 6.07) is 13.8. The normalized spacial score (nSPS) is 17.2. The molecule has 2 aliphatic heterocycles. The highest BCUT2D eigenvalue weighted by Crippen LogP contribution is 2.30. The van der Waals surface area contributed by atoms with E-state index in [4.69, 9.17) is 24.0 Å². The minimum Gasteiger partial charge on any atom is -0.391 e. The summed E-state index contributed by atoms with van der Waals surface area (Å²) in [5.41, 5.74) is 5.97. The van der Waals surface area contributed by atoms with Gasteiger partial charge in [0.25, 0.3) is 5.91 Å². The van der Waals surface area contributed by atoms with E-state index in [9.17, 15) is 24.6 Å². The number of nitrogens with one attached hydrogen (secondary N) is 3. The number of nitrogens with zero attached hydrogens (tertiary/aromatic N) is 10. The predicted octanol–water partition coefficient (Wildman–Crippen LogP) is 3.09. The van der Waals surface area contributed by atoms with Crippen molar-refractivity contribution in [1.29, 1.82) is 0 Å². The third-order valence-corrected chi connectivity index (χ3v) is 14.0. The number of carbonyl (C=O) groups is 3. The van der Waals surface area contributed by atoms with Crippen molar-refractivity contribution in [2.45, 2.75) is 72.0 Å². The lowest BCUT2D eigenvalue weighted by molar-refractivity contribution is -0.143. The Kier molecular flexibility index (Phi) is 19.0. The summed E-state index contributed by atoms with van der Waals surface area (Å²) in [5.74, 6) is 0.607. The Labute approximate surface area is 440 Å². The average Bonchev–Trinajstić information content (AvgIpc) is 4.23. The van der Waals surface area contributed by atoms with Crippen LogP contribution in [0, 0.1) is 19.3 Å². The number of thiazole rings is 1. The molecule has 0 radical (unpaired) electrons. The fraction of sp³-hybridized carbons (Fsp3) is 0.500. The number of aromatic nitrogens is 7. The molecule has 4 atom stereocenters. The Morgan fingerprint density at radius 1 is 0.867 bits per heavy atom. The maximum atomic E-state index is 14.0. The van der Waals surface area contributed by atoms with Crippen LogP contribution in [0.2, 0.25) is 0 Å². The molecule has 23 heteroatoms. The first kappa shape index (κ1) is 55.0. The highest BCUT2D eigenvalue weighted by molar-refractivity contribution is 7.13. The van der Waals surface area contributed by atoms with Gasteiger partial charge in [0.05, 0.1) is 80.7 Å². The number of hydrogen-bond donors (Lipinski definition) is 5.